The molecule has 2 aliphatic heterocycles. The van der Waals surface area contributed by atoms with Gasteiger partial charge in [-0.25, -0.2) is 0 Å². The van der Waals surface area contributed by atoms with E-state index in [2.05, 4.69) is 4.90 Å². The van der Waals surface area contributed by atoms with E-state index in [0.717, 1.165) is 57.1 Å². The zero-order chi connectivity index (χ0) is 14.7. The lowest BCUT2D eigenvalue weighted by molar-refractivity contribution is 0.0787. The molecule has 0 aliphatic carbocycles. The lowest BCUT2D eigenvalue weighted by Gasteiger charge is -2.31. The van der Waals surface area contributed by atoms with E-state index in [-0.39, 0.29) is 5.91 Å². The molecule has 3 rings (SSSR count). The smallest absolute Gasteiger partial charge is 0.255 e. The minimum absolute atomic E-state index is 0.132. The lowest BCUT2D eigenvalue weighted by Crippen LogP contribution is -2.38. The summed E-state index contributed by atoms with van der Waals surface area (Å²) in [6.45, 7) is 5.40. The van der Waals surface area contributed by atoms with Crippen LogP contribution in [-0.2, 0) is 4.74 Å². The molecule has 5 nitrogen and oxygen atoms in total. The molecule has 114 valence electrons. The summed E-state index contributed by atoms with van der Waals surface area (Å²) in [5.74, 6) is 0.581. The number of amides is 1. The third-order valence-electron chi connectivity index (χ3n) is 4.39. The molecule has 2 aliphatic rings. The Balaban J connectivity index is 1.79. The molecule has 2 N–H and O–H groups in total. The molecule has 1 atom stereocenters. The normalized spacial score (nSPS) is 22.6. The van der Waals surface area contributed by atoms with Crippen molar-refractivity contribution in [1.29, 1.82) is 0 Å². The molecule has 1 amide bonds. The van der Waals surface area contributed by atoms with E-state index in [1.807, 2.05) is 29.2 Å². The number of carbonyl (C=O) groups is 1. The summed E-state index contributed by atoms with van der Waals surface area (Å²) in [6.07, 6.45) is 1.02. The van der Waals surface area contributed by atoms with Gasteiger partial charge in [-0.15, -0.1) is 0 Å². The second-order valence-electron chi connectivity index (χ2n) is 5.76. The summed E-state index contributed by atoms with van der Waals surface area (Å²) in [5.41, 5.74) is 7.55. The standard InChI is InChI=1S/C16H23N3O2/c17-11-13-5-6-19(12-13)16(20)14-3-1-2-4-15(14)18-7-9-21-10-8-18/h1-4,13H,5-12,17H2/t13-/m0/s1. The molecule has 21 heavy (non-hydrogen) atoms. The Morgan fingerprint density at radius 2 is 2.00 bits per heavy atom. The third-order valence-corrected chi connectivity index (χ3v) is 4.39. The highest BCUT2D eigenvalue weighted by Crippen LogP contribution is 2.25. The summed E-state index contributed by atoms with van der Waals surface area (Å²) >= 11 is 0. The number of hydrogen-bond donors (Lipinski definition) is 1. The summed E-state index contributed by atoms with van der Waals surface area (Å²) < 4.78 is 5.40. The summed E-state index contributed by atoms with van der Waals surface area (Å²) in [4.78, 5) is 17.0. The molecule has 1 aromatic carbocycles. The lowest BCUT2D eigenvalue weighted by atomic mass is 10.1. The molecular formula is C16H23N3O2. The maximum Gasteiger partial charge on any atom is 0.255 e. The Hall–Kier alpha value is -1.59. The van der Waals surface area contributed by atoms with Gasteiger partial charge in [0.05, 0.1) is 18.8 Å². The summed E-state index contributed by atoms with van der Waals surface area (Å²) in [6, 6.07) is 7.90. The van der Waals surface area contributed by atoms with E-state index in [9.17, 15) is 4.79 Å². The first-order valence-electron chi connectivity index (χ1n) is 7.70. The molecule has 2 heterocycles. The van der Waals surface area contributed by atoms with Gasteiger partial charge in [-0.1, -0.05) is 12.1 Å². The Labute approximate surface area is 125 Å². The van der Waals surface area contributed by atoms with Crippen LogP contribution in [0.15, 0.2) is 24.3 Å². The minimum atomic E-state index is 0.132. The first-order valence-corrected chi connectivity index (χ1v) is 7.70. The van der Waals surface area contributed by atoms with Crippen LogP contribution in [0.5, 0.6) is 0 Å². The van der Waals surface area contributed by atoms with Gasteiger partial charge >= 0.3 is 0 Å². The fraction of sp³-hybridized carbons (Fsp3) is 0.562. The van der Waals surface area contributed by atoms with Crippen LogP contribution in [0, 0.1) is 5.92 Å². The number of nitrogens with zero attached hydrogens (tertiary/aromatic N) is 2. The van der Waals surface area contributed by atoms with Crippen molar-refractivity contribution in [3.63, 3.8) is 0 Å². The van der Waals surface area contributed by atoms with Gasteiger partial charge in [0.15, 0.2) is 0 Å². The van der Waals surface area contributed by atoms with E-state index in [1.165, 1.54) is 0 Å². The van der Waals surface area contributed by atoms with Crippen molar-refractivity contribution in [2.24, 2.45) is 11.7 Å². The molecule has 0 aromatic heterocycles. The van der Waals surface area contributed by atoms with Crippen molar-refractivity contribution in [3.8, 4) is 0 Å². The van der Waals surface area contributed by atoms with Crippen molar-refractivity contribution in [3.05, 3.63) is 29.8 Å². The summed E-state index contributed by atoms with van der Waals surface area (Å²) in [5, 5.41) is 0. The van der Waals surface area contributed by atoms with Crippen LogP contribution in [0.3, 0.4) is 0 Å². The van der Waals surface area contributed by atoms with Gasteiger partial charge in [-0.05, 0) is 31.0 Å². The van der Waals surface area contributed by atoms with Gasteiger partial charge in [0.2, 0.25) is 0 Å². The minimum Gasteiger partial charge on any atom is -0.378 e. The SMILES string of the molecule is NC[C@@H]1CCN(C(=O)c2ccccc2N2CCOCC2)C1. The zero-order valence-corrected chi connectivity index (χ0v) is 12.3. The molecule has 0 unspecified atom stereocenters. The summed E-state index contributed by atoms with van der Waals surface area (Å²) in [7, 11) is 0. The van der Waals surface area contributed by atoms with Crippen LogP contribution in [0.1, 0.15) is 16.8 Å². The quantitative estimate of drug-likeness (QED) is 0.900. The van der Waals surface area contributed by atoms with Crippen LogP contribution in [0.25, 0.3) is 0 Å². The van der Waals surface area contributed by atoms with Crippen LogP contribution >= 0.6 is 0 Å². The van der Waals surface area contributed by atoms with E-state index in [0.29, 0.717) is 12.5 Å². The van der Waals surface area contributed by atoms with E-state index >= 15 is 0 Å². The largest absolute Gasteiger partial charge is 0.378 e. The predicted octanol–water partition coefficient (Wildman–Crippen LogP) is 0.944. The van der Waals surface area contributed by atoms with Gasteiger partial charge < -0.3 is 20.3 Å². The number of para-hydroxylation sites is 1. The molecule has 5 heteroatoms. The highest BCUT2D eigenvalue weighted by molar-refractivity contribution is 6.00. The first kappa shape index (κ1) is 14.4. The maximum atomic E-state index is 12.8. The Morgan fingerprint density at radius 3 is 2.71 bits per heavy atom. The molecule has 0 spiro atoms. The van der Waals surface area contributed by atoms with E-state index in [4.69, 9.17) is 10.5 Å². The van der Waals surface area contributed by atoms with E-state index < -0.39 is 0 Å². The topological polar surface area (TPSA) is 58.8 Å². The fourth-order valence-corrected chi connectivity index (χ4v) is 3.11. The number of morpholine rings is 1. The van der Waals surface area contributed by atoms with Gasteiger partial charge in [-0.3, -0.25) is 4.79 Å². The highest BCUT2D eigenvalue weighted by atomic mass is 16.5. The Morgan fingerprint density at radius 1 is 1.24 bits per heavy atom. The average Bonchev–Trinajstić information content (AvgIpc) is 3.04. The predicted molar refractivity (Wildman–Crippen MR) is 82.5 cm³/mol. The number of likely N-dealkylation sites (tertiary alicyclic amines) is 1. The molecule has 0 bridgehead atoms. The molecule has 2 fully saturated rings. The molecular weight excluding hydrogens is 266 g/mol. The second-order valence-corrected chi connectivity index (χ2v) is 5.76. The average molecular weight is 289 g/mol. The van der Waals surface area contributed by atoms with Crippen LogP contribution in [0.4, 0.5) is 5.69 Å². The number of anilines is 1. The van der Waals surface area contributed by atoms with Gasteiger partial charge in [-0.2, -0.15) is 0 Å². The van der Waals surface area contributed by atoms with Gasteiger partial charge in [0.25, 0.3) is 5.91 Å². The number of benzene rings is 1. The molecule has 1 aromatic rings. The number of hydrogen-bond acceptors (Lipinski definition) is 4. The fourth-order valence-electron chi connectivity index (χ4n) is 3.11. The Kier molecular flexibility index (Phi) is 4.41. The van der Waals surface area contributed by atoms with Crippen LogP contribution < -0.4 is 10.6 Å². The van der Waals surface area contributed by atoms with Gasteiger partial charge in [0, 0.05) is 31.9 Å². The maximum absolute atomic E-state index is 12.8. The van der Waals surface area contributed by atoms with Crippen molar-refractivity contribution in [2.75, 3.05) is 50.8 Å². The van der Waals surface area contributed by atoms with Crippen LogP contribution in [0.2, 0.25) is 0 Å². The Bertz CT molecular complexity index is 500. The monoisotopic (exact) mass is 289 g/mol. The van der Waals surface area contributed by atoms with Gasteiger partial charge in [0.1, 0.15) is 0 Å². The zero-order valence-electron chi connectivity index (χ0n) is 12.3. The van der Waals surface area contributed by atoms with Crippen molar-refractivity contribution >= 4 is 11.6 Å². The second kappa shape index (κ2) is 6.45. The number of rotatable bonds is 3. The van der Waals surface area contributed by atoms with Crippen molar-refractivity contribution in [2.45, 2.75) is 6.42 Å². The molecule has 0 saturated carbocycles. The first-order chi connectivity index (χ1) is 10.3. The highest BCUT2D eigenvalue weighted by Gasteiger charge is 2.28. The number of nitrogens with two attached hydrogens (primary N) is 1. The third kappa shape index (κ3) is 3.04. The molecule has 0 radical (unpaired) electrons. The number of carbonyl (C=O) groups excluding carboxylic acids is 1. The van der Waals surface area contributed by atoms with Crippen molar-refractivity contribution < 1.29 is 9.53 Å². The van der Waals surface area contributed by atoms with Crippen molar-refractivity contribution in [1.82, 2.24) is 4.90 Å². The number of ether oxygens (including phenoxy) is 1. The molecule has 2 saturated heterocycles. The van der Waals surface area contributed by atoms with Crippen LogP contribution in [-0.4, -0.2) is 56.7 Å². The van der Waals surface area contributed by atoms with E-state index in [1.54, 1.807) is 0 Å².